The summed E-state index contributed by atoms with van der Waals surface area (Å²) < 4.78 is 0. The van der Waals surface area contributed by atoms with E-state index in [1.54, 1.807) is 6.07 Å². The maximum Gasteiger partial charge on any atom is 0.239 e. The van der Waals surface area contributed by atoms with Crippen LogP contribution in [0.4, 0.5) is 0 Å². The fraction of sp³-hybridized carbons (Fsp3) is 0.500. The van der Waals surface area contributed by atoms with Gasteiger partial charge in [-0.3, -0.25) is 4.79 Å². The van der Waals surface area contributed by atoms with Crippen molar-refractivity contribution in [1.29, 1.82) is 5.26 Å². The summed E-state index contributed by atoms with van der Waals surface area (Å²) in [6.45, 7) is 4.08. The molecule has 1 N–H and O–H groups in total. The molecule has 0 spiro atoms. The van der Waals surface area contributed by atoms with E-state index in [1.165, 1.54) is 0 Å². The number of amides is 1. The van der Waals surface area contributed by atoms with Crippen molar-refractivity contribution in [2.75, 3.05) is 13.1 Å². The summed E-state index contributed by atoms with van der Waals surface area (Å²) in [6, 6.07) is 9.61. The third-order valence-electron chi connectivity index (χ3n) is 3.80. The summed E-state index contributed by atoms with van der Waals surface area (Å²) in [7, 11) is 0. The molecule has 1 fully saturated rings. The molecule has 1 aromatic carbocycles. The molecule has 1 aliphatic rings. The number of nitriles is 1. The van der Waals surface area contributed by atoms with Gasteiger partial charge in [0.2, 0.25) is 5.91 Å². The summed E-state index contributed by atoms with van der Waals surface area (Å²) in [6.07, 6.45) is 3.16. The van der Waals surface area contributed by atoms with Crippen LogP contribution in [0.15, 0.2) is 24.3 Å². The molecule has 4 heteroatoms. The molecule has 1 atom stereocenters. The molecule has 106 valence electrons. The third kappa shape index (κ3) is 3.37. The summed E-state index contributed by atoms with van der Waals surface area (Å²) in [5.41, 5.74) is 1.57. The van der Waals surface area contributed by atoms with Crippen molar-refractivity contribution < 1.29 is 4.79 Å². The van der Waals surface area contributed by atoms with Crippen molar-refractivity contribution in [1.82, 2.24) is 10.2 Å². The van der Waals surface area contributed by atoms with E-state index in [0.29, 0.717) is 18.7 Å². The van der Waals surface area contributed by atoms with Gasteiger partial charge in [0.05, 0.1) is 17.7 Å². The number of nitrogens with zero attached hydrogens (tertiary/aromatic N) is 2. The largest absolute Gasteiger partial charge is 0.337 e. The molecule has 0 aromatic heterocycles. The second kappa shape index (κ2) is 7.06. The smallest absolute Gasteiger partial charge is 0.239 e. The van der Waals surface area contributed by atoms with Gasteiger partial charge in [-0.15, -0.1) is 0 Å². The Morgan fingerprint density at radius 1 is 1.45 bits per heavy atom. The average Bonchev–Trinajstić information content (AvgIpc) is 2.53. The fourth-order valence-corrected chi connectivity index (χ4v) is 2.60. The van der Waals surface area contributed by atoms with Crippen LogP contribution in [0.2, 0.25) is 0 Å². The quantitative estimate of drug-likeness (QED) is 0.912. The molecule has 0 aliphatic carbocycles. The van der Waals surface area contributed by atoms with Crippen molar-refractivity contribution >= 4 is 5.91 Å². The molecule has 0 radical (unpaired) electrons. The number of piperidine rings is 1. The topological polar surface area (TPSA) is 56.1 Å². The second-order valence-corrected chi connectivity index (χ2v) is 5.12. The van der Waals surface area contributed by atoms with Crippen LogP contribution in [0.5, 0.6) is 0 Å². The van der Waals surface area contributed by atoms with E-state index in [4.69, 9.17) is 5.26 Å². The maximum atomic E-state index is 12.5. The number of carbonyl (C=O) groups is 1. The number of benzene rings is 1. The fourth-order valence-electron chi connectivity index (χ4n) is 2.60. The molecule has 0 saturated carbocycles. The highest BCUT2D eigenvalue weighted by Gasteiger charge is 2.25. The minimum atomic E-state index is -0.0575. The van der Waals surface area contributed by atoms with E-state index >= 15 is 0 Å². The molecule has 4 nitrogen and oxygen atoms in total. The minimum Gasteiger partial charge on any atom is -0.337 e. The van der Waals surface area contributed by atoms with Gasteiger partial charge in [0, 0.05) is 13.1 Å². The molecule has 1 aromatic rings. The van der Waals surface area contributed by atoms with Gasteiger partial charge in [-0.25, -0.2) is 0 Å². The number of hydrogen-bond donors (Lipinski definition) is 1. The lowest BCUT2D eigenvalue weighted by molar-refractivity contribution is -0.134. The number of hydrogen-bond acceptors (Lipinski definition) is 3. The molecular formula is C16H21N3O. The van der Waals surface area contributed by atoms with Gasteiger partial charge < -0.3 is 10.2 Å². The van der Waals surface area contributed by atoms with Crippen LogP contribution >= 0.6 is 0 Å². The van der Waals surface area contributed by atoms with Gasteiger partial charge in [0.15, 0.2) is 0 Å². The van der Waals surface area contributed by atoms with E-state index in [-0.39, 0.29) is 11.9 Å². The first-order chi connectivity index (χ1) is 9.76. The molecule has 1 aliphatic heterocycles. The van der Waals surface area contributed by atoms with Crippen molar-refractivity contribution in [3.8, 4) is 6.07 Å². The van der Waals surface area contributed by atoms with Crippen LogP contribution in [0.1, 0.15) is 37.3 Å². The monoisotopic (exact) mass is 271 g/mol. The minimum absolute atomic E-state index is 0.0575. The Bertz CT molecular complexity index is 501. The highest BCUT2D eigenvalue weighted by atomic mass is 16.2. The predicted octanol–water partition coefficient (Wildman–Crippen LogP) is 2.05. The Morgan fingerprint density at radius 2 is 2.25 bits per heavy atom. The standard InChI is InChI=1S/C16H21N3O/c1-2-19(16(20)15-9-5-6-10-18-15)12-14-8-4-3-7-13(14)11-17/h3-4,7-8,15,18H,2,5-6,9-10,12H2,1H3. The Balaban J connectivity index is 2.08. The predicted molar refractivity (Wildman–Crippen MR) is 77.9 cm³/mol. The van der Waals surface area contributed by atoms with Crippen LogP contribution in [0, 0.1) is 11.3 Å². The van der Waals surface area contributed by atoms with Gasteiger partial charge >= 0.3 is 0 Å². The van der Waals surface area contributed by atoms with Gasteiger partial charge in [0.25, 0.3) is 0 Å². The van der Waals surface area contributed by atoms with Crippen LogP contribution < -0.4 is 5.32 Å². The summed E-state index contributed by atoms with van der Waals surface area (Å²) in [5, 5.41) is 12.4. The first-order valence-corrected chi connectivity index (χ1v) is 7.26. The molecule has 1 saturated heterocycles. The highest BCUT2D eigenvalue weighted by Crippen LogP contribution is 2.14. The van der Waals surface area contributed by atoms with Crippen molar-refractivity contribution in [2.45, 2.75) is 38.8 Å². The number of rotatable bonds is 4. The maximum absolute atomic E-state index is 12.5. The van der Waals surface area contributed by atoms with Gasteiger partial charge in [0.1, 0.15) is 0 Å². The second-order valence-electron chi connectivity index (χ2n) is 5.12. The first-order valence-electron chi connectivity index (χ1n) is 7.26. The van der Waals surface area contributed by atoms with Crippen LogP contribution in [-0.2, 0) is 11.3 Å². The van der Waals surface area contributed by atoms with Crippen LogP contribution in [0.25, 0.3) is 0 Å². The Kier molecular flexibility index (Phi) is 5.14. The summed E-state index contributed by atoms with van der Waals surface area (Å²) >= 11 is 0. The molecule has 1 heterocycles. The molecular weight excluding hydrogens is 250 g/mol. The first kappa shape index (κ1) is 14.5. The van der Waals surface area contributed by atoms with E-state index in [9.17, 15) is 4.79 Å². The zero-order valence-corrected chi connectivity index (χ0v) is 11.9. The molecule has 1 amide bonds. The number of carbonyl (C=O) groups excluding carboxylic acids is 1. The van der Waals surface area contributed by atoms with Gasteiger partial charge in [-0.05, 0) is 37.9 Å². The lowest BCUT2D eigenvalue weighted by Crippen LogP contribution is -2.48. The van der Waals surface area contributed by atoms with E-state index < -0.39 is 0 Å². The Hall–Kier alpha value is -1.86. The molecule has 1 unspecified atom stereocenters. The lowest BCUT2D eigenvalue weighted by Gasteiger charge is -2.29. The van der Waals surface area contributed by atoms with Gasteiger partial charge in [-0.2, -0.15) is 5.26 Å². The Labute approximate surface area is 120 Å². The summed E-state index contributed by atoms with van der Waals surface area (Å²) in [5.74, 6) is 0.153. The molecule has 0 bridgehead atoms. The third-order valence-corrected chi connectivity index (χ3v) is 3.80. The lowest BCUT2D eigenvalue weighted by atomic mass is 10.0. The van der Waals surface area contributed by atoms with E-state index in [1.807, 2.05) is 30.0 Å². The van der Waals surface area contributed by atoms with Crippen LogP contribution in [0.3, 0.4) is 0 Å². The zero-order chi connectivity index (χ0) is 14.4. The van der Waals surface area contributed by atoms with Crippen molar-refractivity contribution in [2.24, 2.45) is 0 Å². The van der Waals surface area contributed by atoms with E-state index in [2.05, 4.69) is 11.4 Å². The van der Waals surface area contributed by atoms with Crippen molar-refractivity contribution in [3.63, 3.8) is 0 Å². The Morgan fingerprint density at radius 3 is 2.90 bits per heavy atom. The van der Waals surface area contributed by atoms with Crippen LogP contribution in [-0.4, -0.2) is 29.9 Å². The number of nitrogens with one attached hydrogen (secondary N) is 1. The SMILES string of the molecule is CCN(Cc1ccccc1C#N)C(=O)C1CCCCN1. The van der Waals surface area contributed by atoms with E-state index in [0.717, 1.165) is 31.4 Å². The molecule has 2 rings (SSSR count). The van der Waals surface area contributed by atoms with Gasteiger partial charge in [-0.1, -0.05) is 24.6 Å². The highest BCUT2D eigenvalue weighted by molar-refractivity contribution is 5.82. The zero-order valence-electron chi connectivity index (χ0n) is 11.9. The molecule has 20 heavy (non-hydrogen) atoms. The normalized spacial score (nSPS) is 18.3. The summed E-state index contributed by atoms with van der Waals surface area (Å²) in [4.78, 5) is 14.3. The average molecular weight is 271 g/mol. The van der Waals surface area contributed by atoms with Crippen molar-refractivity contribution in [3.05, 3.63) is 35.4 Å². The number of likely N-dealkylation sites (N-methyl/N-ethyl adjacent to an activating group) is 1.